The van der Waals surface area contributed by atoms with Gasteiger partial charge in [0.05, 0.1) is 19.7 Å². The molecule has 7 nitrogen and oxygen atoms in total. The minimum Gasteiger partial charge on any atom is -0.493 e. The zero-order valence-corrected chi connectivity index (χ0v) is 16.5. The van der Waals surface area contributed by atoms with Crippen molar-refractivity contribution in [1.82, 2.24) is 9.97 Å². The van der Waals surface area contributed by atoms with E-state index in [4.69, 9.17) is 15.2 Å². The minimum atomic E-state index is -0.216. The highest BCUT2D eigenvalue weighted by molar-refractivity contribution is 5.91. The highest BCUT2D eigenvalue weighted by Gasteiger charge is 2.23. The Bertz CT molecular complexity index is 1010. The lowest BCUT2D eigenvalue weighted by atomic mass is 10.1. The topological polar surface area (TPSA) is 85.5 Å². The normalized spacial score (nSPS) is 16.2. The zero-order valence-electron chi connectivity index (χ0n) is 16.5. The Morgan fingerprint density at radius 2 is 1.86 bits per heavy atom. The summed E-state index contributed by atoms with van der Waals surface area (Å²) in [6.45, 7) is 2.57. The van der Waals surface area contributed by atoms with Crippen molar-refractivity contribution in [3.05, 3.63) is 42.2 Å². The number of ether oxygens (including phenoxy) is 2. The molecule has 0 bridgehead atoms. The van der Waals surface area contributed by atoms with Crippen molar-refractivity contribution < 1.29 is 13.9 Å². The first-order chi connectivity index (χ1) is 14.1. The zero-order chi connectivity index (χ0) is 20.4. The third-order valence-electron chi connectivity index (χ3n) is 5.26. The molecule has 29 heavy (non-hydrogen) atoms. The van der Waals surface area contributed by atoms with Crippen LogP contribution in [0.15, 0.2) is 36.4 Å². The second-order valence-corrected chi connectivity index (χ2v) is 7.11. The summed E-state index contributed by atoms with van der Waals surface area (Å²) in [4.78, 5) is 11.2. The second kappa shape index (κ2) is 7.98. The van der Waals surface area contributed by atoms with Crippen LogP contribution < -0.4 is 25.4 Å². The molecule has 0 saturated carbocycles. The molecule has 8 heteroatoms. The number of rotatable bonds is 6. The van der Waals surface area contributed by atoms with Gasteiger partial charge in [0.25, 0.3) is 0 Å². The summed E-state index contributed by atoms with van der Waals surface area (Å²) in [5.74, 6) is 2.27. The van der Waals surface area contributed by atoms with E-state index >= 15 is 0 Å². The smallest absolute Gasteiger partial charge is 0.225 e. The van der Waals surface area contributed by atoms with E-state index in [1.54, 1.807) is 26.4 Å². The molecule has 0 aliphatic carbocycles. The number of nitrogens with two attached hydrogens (primary N) is 1. The first kappa shape index (κ1) is 19.0. The van der Waals surface area contributed by atoms with Gasteiger partial charge in [-0.3, -0.25) is 0 Å². The molecule has 152 valence electrons. The van der Waals surface area contributed by atoms with Gasteiger partial charge < -0.3 is 25.4 Å². The molecular formula is C21H24FN5O2. The van der Waals surface area contributed by atoms with Gasteiger partial charge in [0.1, 0.15) is 11.6 Å². The number of anilines is 3. The lowest BCUT2D eigenvalue weighted by molar-refractivity contribution is 0.356. The van der Waals surface area contributed by atoms with Crippen molar-refractivity contribution in [2.75, 3.05) is 49.8 Å². The molecule has 1 aromatic heterocycles. The van der Waals surface area contributed by atoms with Gasteiger partial charge in [-0.05, 0) is 42.7 Å². The Morgan fingerprint density at radius 3 is 2.59 bits per heavy atom. The van der Waals surface area contributed by atoms with Crippen LogP contribution in [0.4, 0.5) is 21.8 Å². The van der Waals surface area contributed by atoms with E-state index in [1.165, 1.54) is 12.1 Å². The van der Waals surface area contributed by atoms with Gasteiger partial charge in [-0.15, -0.1) is 0 Å². The Morgan fingerprint density at radius 1 is 1.14 bits per heavy atom. The van der Waals surface area contributed by atoms with E-state index in [2.05, 4.69) is 20.2 Å². The third-order valence-corrected chi connectivity index (χ3v) is 5.26. The summed E-state index contributed by atoms with van der Waals surface area (Å²) in [6, 6.07) is 10.2. The lowest BCUT2D eigenvalue weighted by Crippen LogP contribution is -2.23. The van der Waals surface area contributed by atoms with Crippen LogP contribution in [0.2, 0.25) is 0 Å². The Labute approximate surface area is 168 Å². The van der Waals surface area contributed by atoms with Crippen LogP contribution in [0.25, 0.3) is 10.9 Å². The highest BCUT2D eigenvalue weighted by Crippen LogP contribution is 2.33. The predicted molar refractivity (Wildman–Crippen MR) is 112 cm³/mol. The van der Waals surface area contributed by atoms with Crippen LogP contribution in [-0.2, 0) is 0 Å². The summed E-state index contributed by atoms with van der Waals surface area (Å²) in [5, 5.41) is 4.02. The summed E-state index contributed by atoms with van der Waals surface area (Å²) >= 11 is 0. The van der Waals surface area contributed by atoms with Crippen LogP contribution in [-0.4, -0.2) is 43.8 Å². The fourth-order valence-electron chi connectivity index (χ4n) is 3.68. The summed E-state index contributed by atoms with van der Waals surface area (Å²) in [6.07, 6.45) is 1.04. The number of nitrogens with zero attached hydrogens (tertiary/aromatic N) is 3. The lowest BCUT2D eigenvalue weighted by Gasteiger charge is -2.19. The fraction of sp³-hybridized carbons (Fsp3) is 0.333. The van der Waals surface area contributed by atoms with Gasteiger partial charge in [-0.2, -0.15) is 4.98 Å². The Kier molecular flexibility index (Phi) is 5.24. The van der Waals surface area contributed by atoms with Crippen molar-refractivity contribution in [1.29, 1.82) is 0 Å². The summed E-state index contributed by atoms with van der Waals surface area (Å²) in [5.41, 5.74) is 7.87. The van der Waals surface area contributed by atoms with Crippen molar-refractivity contribution in [2.24, 2.45) is 5.92 Å². The molecule has 1 unspecified atom stereocenters. The van der Waals surface area contributed by atoms with Crippen LogP contribution in [0, 0.1) is 11.7 Å². The van der Waals surface area contributed by atoms with Crippen molar-refractivity contribution in [3.8, 4) is 11.5 Å². The SMILES string of the molecule is COc1cc2nc(NCC3CCN(c4ccc(F)cc4)C3)nc(N)c2cc1OC. The largest absolute Gasteiger partial charge is 0.493 e. The molecule has 0 amide bonds. The van der Waals surface area contributed by atoms with Gasteiger partial charge in [-0.25, -0.2) is 9.37 Å². The van der Waals surface area contributed by atoms with Crippen LogP contribution >= 0.6 is 0 Å². The molecule has 1 fully saturated rings. The molecule has 0 radical (unpaired) electrons. The molecule has 1 aliphatic heterocycles. The fourth-order valence-corrected chi connectivity index (χ4v) is 3.68. The van der Waals surface area contributed by atoms with Crippen LogP contribution in [0.1, 0.15) is 6.42 Å². The van der Waals surface area contributed by atoms with E-state index in [-0.39, 0.29) is 5.82 Å². The van der Waals surface area contributed by atoms with Gasteiger partial charge in [0.2, 0.25) is 5.95 Å². The monoisotopic (exact) mass is 397 g/mol. The number of halogens is 1. The van der Waals surface area contributed by atoms with Crippen LogP contribution in [0.3, 0.4) is 0 Å². The predicted octanol–water partition coefficient (Wildman–Crippen LogP) is 3.31. The number of hydrogen-bond acceptors (Lipinski definition) is 7. The second-order valence-electron chi connectivity index (χ2n) is 7.11. The molecule has 3 N–H and O–H groups in total. The average molecular weight is 397 g/mol. The van der Waals surface area contributed by atoms with E-state index in [0.29, 0.717) is 34.7 Å². The number of benzene rings is 2. The summed E-state index contributed by atoms with van der Waals surface area (Å²) in [7, 11) is 3.16. The first-order valence-corrected chi connectivity index (χ1v) is 9.51. The number of fused-ring (bicyclic) bond motifs is 1. The van der Waals surface area contributed by atoms with E-state index in [9.17, 15) is 4.39 Å². The van der Waals surface area contributed by atoms with Crippen molar-refractivity contribution in [3.63, 3.8) is 0 Å². The third kappa shape index (κ3) is 3.96. The molecule has 0 spiro atoms. The van der Waals surface area contributed by atoms with E-state index in [1.807, 2.05) is 12.1 Å². The Balaban J connectivity index is 1.45. The molecule has 3 aromatic rings. The maximum absolute atomic E-state index is 13.1. The Hall–Kier alpha value is -3.29. The van der Waals surface area contributed by atoms with E-state index < -0.39 is 0 Å². The number of hydrogen-bond donors (Lipinski definition) is 2. The molecule has 2 heterocycles. The average Bonchev–Trinajstić information content (AvgIpc) is 3.21. The quantitative estimate of drug-likeness (QED) is 0.660. The number of methoxy groups -OCH3 is 2. The standard InChI is InChI=1S/C21H24FN5O2/c1-28-18-9-16-17(10-19(18)29-2)25-21(26-20(16)23)24-11-13-7-8-27(12-13)15-5-3-14(22)4-6-15/h3-6,9-10,13H,7-8,11-12H2,1-2H3,(H3,23,24,25,26). The van der Waals surface area contributed by atoms with Crippen molar-refractivity contribution >= 4 is 28.4 Å². The number of nitrogen functional groups attached to an aromatic ring is 1. The minimum absolute atomic E-state index is 0.216. The van der Waals surface area contributed by atoms with Gasteiger partial charge in [0, 0.05) is 36.8 Å². The van der Waals surface area contributed by atoms with E-state index in [0.717, 1.165) is 37.1 Å². The molecule has 1 saturated heterocycles. The maximum Gasteiger partial charge on any atom is 0.225 e. The summed E-state index contributed by atoms with van der Waals surface area (Å²) < 4.78 is 23.8. The number of aromatic nitrogens is 2. The maximum atomic E-state index is 13.1. The molecule has 4 rings (SSSR count). The van der Waals surface area contributed by atoms with Crippen LogP contribution in [0.5, 0.6) is 11.5 Å². The first-order valence-electron chi connectivity index (χ1n) is 9.51. The highest BCUT2D eigenvalue weighted by atomic mass is 19.1. The van der Waals surface area contributed by atoms with Gasteiger partial charge >= 0.3 is 0 Å². The molecule has 2 aromatic carbocycles. The van der Waals surface area contributed by atoms with Crippen molar-refractivity contribution in [2.45, 2.75) is 6.42 Å². The number of nitrogens with one attached hydrogen (secondary N) is 1. The molecule has 1 aliphatic rings. The van der Waals surface area contributed by atoms with Gasteiger partial charge in [-0.1, -0.05) is 0 Å². The molecular weight excluding hydrogens is 373 g/mol. The molecule has 1 atom stereocenters. The van der Waals surface area contributed by atoms with Gasteiger partial charge in [0.15, 0.2) is 11.5 Å².